The molecular formula is C25H33N3O3. The quantitative estimate of drug-likeness (QED) is 0.715. The SMILES string of the molecule is CC(C)(C)OC(=O)N1CCc2cc(OCC3CCN(c4ccncc4)CC3)ccc2C1. The summed E-state index contributed by atoms with van der Waals surface area (Å²) >= 11 is 0. The van der Waals surface area contributed by atoms with Crippen molar-refractivity contribution >= 4 is 11.8 Å². The molecule has 2 aliphatic heterocycles. The third-order valence-electron chi connectivity index (χ3n) is 5.97. The van der Waals surface area contributed by atoms with E-state index in [1.54, 1.807) is 4.90 Å². The Bertz CT molecular complexity index is 887. The largest absolute Gasteiger partial charge is 0.493 e. The van der Waals surface area contributed by atoms with Gasteiger partial charge in [0.1, 0.15) is 11.4 Å². The number of fused-ring (bicyclic) bond motifs is 1. The summed E-state index contributed by atoms with van der Waals surface area (Å²) in [5.41, 5.74) is 3.23. The molecule has 0 bridgehead atoms. The summed E-state index contributed by atoms with van der Waals surface area (Å²) < 4.78 is 11.7. The Morgan fingerprint density at radius 2 is 1.81 bits per heavy atom. The monoisotopic (exact) mass is 423 g/mol. The molecule has 2 aromatic rings. The molecule has 6 nitrogen and oxygen atoms in total. The van der Waals surface area contributed by atoms with Crippen molar-refractivity contribution in [2.75, 3.05) is 31.1 Å². The predicted octanol–water partition coefficient (Wildman–Crippen LogP) is 4.67. The zero-order valence-corrected chi connectivity index (χ0v) is 18.8. The number of anilines is 1. The number of nitrogens with zero attached hydrogens (tertiary/aromatic N) is 3. The normalized spacial score (nSPS) is 17.3. The van der Waals surface area contributed by atoms with Crippen LogP contribution in [0.2, 0.25) is 0 Å². The van der Waals surface area contributed by atoms with E-state index in [0.717, 1.165) is 44.7 Å². The van der Waals surface area contributed by atoms with Crippen molar-refractivity contribution in [1.29, 1.82) is 0 Å². The molecule has 6 heteroatoms. The molecule has 1 aromatic heterocycles. The number of rotatable bonds is 4. The van der Waals surface area contributed by atoms with E-state index in [-0.39, 0.29) is 6.09 Å². The van der Waals surface area contributed by atoms with Crippen molar-refractivity contribution in [2.45, 2.75) is 52.2 Å². The first-order valence-corrected chi connectivity index (χ1v) is 11.2. The molecular weight excluding hydrogens is 390 g/mol. The van der Waals surface area contributed by atoms with Crippen molar-refractivity contribution in [1.82, 2.24) is 9.88 Å². The minimum absolute atomic E-state index is 0.239. The molecule has 31 heavy (non-hydrogen) atoms. The van der Waals surface area contributed by atoms with Gasteiger partial charge in [0, 0.05) is 44.3 Å². The highest BCUT2D eigenvalue weighted by Crippen LogP contribution is 2.27. The van der Waals surface area contributed by atoms with Gasteiger partial charge in [-0.1, -0.05) is 6.07 Å². The molecule has 0 spiro atoms. The molecule has 166 valence electrons. The zero-order valence-electron chi connectivity index (χ0n) is 18.8. The summed E-state index contributed by atoms with van der Waals surface area (Å²) in [5, 5.41) is 0. The van der Waals surface area contributed by atoms with E-state index in [2.05, 4.69) is 34.1 Å². The number of piperidine rings is 1. The molecule has 0 N–H and O–H groups in total. The van der Waals surface area contributed by atoms with E-state index in [4.69, 9.17) is 9.47 Å². The molecule has 2 aliphatic rings. The maximum absolute atomic E-state index is 12.4. The molecule has 1 fully saturated rings. The van der Waals surface area contributed by atoms with Gasteiger partial charge in [-0.3, -0.25) is 4.98 Å². The van der Waals surface area contributed by atoms with Crippen molar-refractivity contribution in [3.63, 3.8) is 0 Å². The van der Waals surface area contributed by atoms with Crippen LogP contribution in [0.3, 0.4) is 0 Å². The Kier molecular flexibility index (Phi) is 6.35. The lowest BCUT2D eigenvalue weighted by Crippen LogP contribution is -2.39. The highest BCUT2D eigenvalue weighted by Gasteiger charge is 2.26. The molecule has 0 radical (unpaired) electrons. The molecule has 0 atom stereocenters. The van der Waals surface area contributed by atoms with Gasteiger partial charge in [0.25, 0.3) is 0 Å². The third-order valence-corrected chi connectivity index (χ3v) is 5.97. The minimum atomic E-state index is -0.469. The van der Waals surface area contributed by atoms with Crippen LogP contribution in [0, 0.1) is 5.92 Å². The lowest BCUT2D eigenvalue weighted by molar-refractivity contribution is 0.0224. The fourth-order valence-corrected chi connectivity index (χ4v) is 4.23. The number of hydrogen-bond donors (Lipinski definition) is 0. The van der Waals surface area contributed by atoms with Gasteiger partial charge in [-0.05, 0) is 81.3 Å². The van der Waals surface area contributed by atoms with Crippen LogP contribution < -0.4 is 9.64 Å². The molecule has 0 saturated carbocycles. The van der Waals surface area contributed by atoms with Crippen LogP contribution in [-0.4, -0.2) is 47.8 Å². The Hall–Kier alpha value is -2.76. The first-order chi connectivity index (χ1) is 14.9. The third kappa shape index (κ3) is 5.69. The van der Waals surface area contributed by atoms with Crippen molar-refractivity contribution in [3.05, 3.63) is 53.9 Å². The summed E-state index contributed by atoms with van der Waals surface area (Å²) in [6.45, 7) is 9.84. The highest BCUT2D eigenvalue weighted by atomic mass is 16.6. The second-order valence-electron chi connectivity index (χ2n) is 9.53. The van der Waals surface area contributed by atoms with Crippen LogP contribution in [0.5, 0.6) is 5.75 Å². The van der Waals surface area contributed by atoms with Crippen LogP contribution in [0.4, 0.5) is 10.5 Å². The minimum Gasteiger partial charge on any atom is -0.493 e. The average molecular weight is 424 g/mol. The molecule has 0 unspecified atom stereocenters. The first kappa shape index (κ1) is 21.5. The molecule has 4 rings (SSSR count). The summed E-state index contributed by atoms with van der Waals surface area (Å²) in [4.78, 5) is 20.7. The summed E-state index contributed by atoms with van der Waals surface area (Å²) in [6, 6.07) is 10.4. The van der Waals surface area contributed by atoms with Gasteiger partial charge in [-0.15, -0.1) is 0 Å². The van der Waals surface area contributed by atoms with Gasteiger partial charge in [-0.2, -0.15) is 0 Å². The second kappa shape index (κ2) is 9.16. The topological polar surface area (TPSA) is 54.9 Å². The second-order valence-corrected chi connectivity index (χ2v) is 9.53. The number of hydrogen-bond acceptors (Lipinski definition) is 5. The van der Waals surface area contributed by atoms with Crippen LogP contribution in [-0.2, 0) is 17.7 Å². The van der Waals surface area contributed by atoms with E-state index >= 15 is 0 Å². The van der Waals surface area contributed by atoms with E-state index in [9.17, 15) is 4.79 Å². The van der Waals surface area contributed by atoms with E-state index in [1.807, 2.05) is 39.2 Å². The molecule has 3 heterocycles. The Morgan fingerprint density at radius 3 is 2.52 bits per heavy atom. The number of benzene rings is 1. The van der Waals surface area contributed by atoms with Gasteiger partial charge >= 0.3 is 6.09 Å². The fraction of sp³-hybridized carbons (Fsp3) is 0.520. The molecule has 1 saturated heterocycles. The number of ether oxygens (including phenoxy) is 2. The lowest BCUT2D eigenvalue weighted by Gasteiger charge is -2.33. The zero-order chi connectivity index (χ0) is 21.8. The number of carbonyl (C=O) groups is 1. The van der Waals surface area contributed by atoms with Crippen molar-refractivity contribution in [2.24, 2.45) is 5.92 Å². The Labute approximate surface area is 185 Å². The Balaban J connectivity index is 1.26. The van der Waals surface area contributed by atoms with Gasteiger partial charge in [0.15, 0.2) is 0 Å². The fourth-order valence-electron chi connectivity index (χ4n) is 4.23. The Morgan fingerprint density at radius 1 is 1.06 bits per heavy atom. The lowest BCUT2D eigenvalue weighted by atomic mass is 9.97. The maximum atomic E-state index is 12.4. The van der Waals surface area contributed by atoms with E-state index < -0.39 is 5.60 Å². The van der Waals surface area contributed by atoms with Crippen LogP contribution >= 0.6 is 0 Å². The van der Waals surface area contributed by atoms with Gasteiger partial charge < -0.3 is 19.3 Å². The summed E-state index contributed by atoms with van der Waals surface area (Å²) in [5.74, 6) is 1.51. The first-order valence-electron chi connectivity index (χ1n) is 11.2. The number of carbonyl (C=O) groups excluding carboxylic acids is 1. The standard InChI is InChI=1S/C25H33N3O3/c1-25(2,3)31-24(29)28-15-10-20-16-23(5-4-21(20)17-28)30-18-19-8-13-27(14-9-19)22-6-11-26-12-7-22/h4-7,11-12,16,19H,8-10,13-15,17-18H2,1-3H3. The smallest absolute Gasteiger partial charge is 0.410 e. The van der Waals surface area contributed by atoms with Crippen molar-refractivity contribution < 1.29 is 14.3 Å². The van der Waals surface area contributed by atoms with Gasteiger partial charge in [0.05, 0.1) is 6.61 Å². The van der Waals surface area contributed by atoms with Crippen LogP contribution in [0.25, 0.3) is 0 Å². The van der Waals surface area contributed by atoms with Crippen LogP contribution in [0.15, 0.2) is 42.7 Å². The number of pyridine rings is 1. The summed E-state index contributed by atoms with van der Waals surface area (Å²) in [6.07, 6.45) is 6.57. The van der Waals surface area contributed by atoms with E-state index in [1.165, 1.54) is 16.8 Å². The molecule has 0 aliphatic carbocycles. The number of aromatic nitrogens is 1. The van der Waals surface area contributed by atoms with Gasteiger partial charge in [-0.25, -0.2) is 4.79 Å². The highest BCUT2D eigenvalue weighted by molar-refractivity contribution is 5.68. The molecule has 1 aromatic carbocycles. The maximum Gasteiger partial charge on any atom is 0.410 e. The molecule has 1 amide bonds. The average Bonchev–Trinajstić information content (AvgIpc) is 2.77. The number of amides is 1. The van der Waals surface area contributed by atoms with E-state index in [0.29, 0.717) is 19.0 Å². The summed E-state index contributed by atoms with van der Waals surface area (Å²) in [7, 11) is 0. The van der Waals surface area contributed by atoms with Crippen molar-refractivity contribution in [3.8, 4) is 5.75 Å². The van der Waals surface area contributed by atoms with Gasteiger partial charge in [0.2, 0.25) is 0 Å². The predicted molar refractivity (Wildman–Crippen MR) is 121 cm³/mol. The van der Waals surface area contributed by atoms with Crippen LogP contribution in [0.1, 0.15) is 44.7 Å².